The van der Waals surface area contributed by atoms with E-state index in [4.69, 9.17) is 0 Å². The number of thiophene rings is 1. The Balaban J connectivity index is 2.65. The molecule has 1 N–H and O–H groups in total. The van der Waals surface area contributed by atoms with Gasteiger partial charge in [-0.25, -0.2) is 0 Å². The zero-order valence-corrected chi connectivity index (χ0v) is 13.5. The molecule has 3 heteroatoms. The van der Waals surface area contributed by atoms with Crippen molar-refractivity contribution in [2.75, 3.05) is 6.54 Å². The Bertz CT molecular complexity index is 307. The first kappa shape index (κ1) is 15.2. The molecule has 0 fully saturated rings. The smallest absolute Gasteiger partial charge is 0.0314 e. The minimum absolute atomic E-state index is 0.625. The molecule has 1 rings (SSSR count). The van der Waals surface area contributed by atoms with Crippen molar-refractivity contribution < 1.29 is 0 Å². The van der Waals surface area contributed by atoms with Crippen molar-refractivity contribution in [3.8, 4) is 0 Å². The molecule has 1 nitrogen and oxygen atoms in total. The summed E-state index contributed by atoms with van der Waals surface area (Å²) >= 11 is 5.50. The van der Waals surface area contributed by atoms with Crippen LogP contribution in [0.25, 0.3) is 0 Å². The highest BCUT2D eigenvalue weighted by Gasteiger charge is 2.19. The van der Waals surface area contributed by atoms with Gasteiger partial charge >= 0.3 is 0 Å². The van der Waals surface area contributed by atoms with Crippen LogP contribution in [0.3, 0.4) is 0 Å². The largest absolute Gasteiger partial charge is 0.313 e. The normalized spacial score (nSPS) is 13.2. The lowest BCUT2D eigenvalue weighted by molar-refractivity contribution is 0.333. The molecule has 1 aromatic rings. The molecular weight excluding hydrogens is 294 g/mol. The zero-order chi connectivity index (χ0) is 12.7. The van der Waals surface area contributed by atoms with Gasteiger partial charge in [-0.3, -0.25) is 0 Å². The fourth-order valence-electron chi connectivity index (χ4n) is 2.26. The summed E-state index contributed by atoms with van der Waals surface area (Å²) in [6.07, 6.45) is 4.90. The third kappa shape index (κ3) is 4.72. The van der Waals surface area contributed by atoms with Gasteiger partial charge < -0.3 is 5.32 Å². The molecule has 0 aromatic carbocycles. The molecule has 0 radical (unpaired) electrons. The van der Waals surface area contributed by atoms with Crippen molar-refractivity contribution in [2.24, 2.45) is 5.92 Å². The van der Waals surface area contributed by atoms with E-state index in [1.807, 2.05) is 11.3 Å². The summed E-state index contributed by atoms with van der Waals surface area (Å²) in [6.45, 7) is 7.97. The fraction of sp³-hybridized carbons (Fsp3) is 0.714. The summed E-state index contributed by atoms with van der Waals surface area (Å²) in [5.74, 6) is 0.788. The fourth-order valence-corrected chi connectivity index (χ4v) is 3.84. The van der Waals surface area contributed by atoms with Crippen molar-refractivity contribution in [3.05, 3.63) is 20.8 Å². The van der Waals surface area contributed by atoms with Crippen LogP contribution in [0.5, 0.6) is 0 Å². The molecule has 98 valence electrons. The molecule has 0 aliphatic heterocycles. The summed E-state index contributed by atoms with van der Waals surface area (Å²) in [6, 6.07) is 2.78. The number of hydrogen-bond donors (Lipinski definition) is 1. The van der Waals surface area contributed by atoms with Crippen LogP contribution in [0.1, 0.15) is 44.9 Å². The van der Waals surface area contributed by atoms with Crippen molar-refractivity contribution in [2.45, 2.75) is 52.5 Å². The van der Waals surface area contributed by atoms with Crippen molar-refractivity contribution in [1.82, 2.24) is 5.32 Å². The number of hydrogen-bond acceptors (Lipinski definition) is 2. The molecule has 0 bridgehead atoms. The maximum absolute atomic E-state index is 3.72. The Kier molecular flexibility index (Phi) is 7.40. The van der Waals surface area contributed by atoms with Gasteiger partial charge in [-0.2, -0.15) is 0 Å². The van der Waals surface area contributed by atoms with Crippen LogP contribution >= 0.6 is 27.3 Å². The first-order chi connectivity index (χ1) is 8.22. The van der Waals surface area contributed by atoms with E-state index in [0.717, 1.165) is 18.9 Å². The van der Waals surface area contributed by atoms with E-state index in [2.05, 4.69) is 53.5 Å². The van der Waals surface area contributed by atoms with E-state index in [9.17, 15) is 0 Å². The number of rotatable bonds is 8. The van der Waals surface area contributed by atoms with E-state index < -0.39 is 0 Å². The second kappa shape index (κ2) is 8.28. The van der Waals surface area contributed by atoms with Crippen LogP contribution in [0.2, 0.25) is 0 Å². The molecule has 0 saturated heterocycles. The minimum Gasteiger partial charge on any atom is -0.313 e. The molecule has 0 saturated carbocycles. The lowest BCUT2D eigenvalue weighted by atomic mass is 9.91. The molecule has 17 heavy (non-hydrogen) atoms. The number of halogens is 1. The molecule has 1 heterocycles. The van der Waals surface area contributed by atoms with Gasteiger partial charge in [0.15, 0.2) is 0 Å². The SMILES string of the molecule is CCCNC(Cc1sccc1Br)C(CC)CC. The van der Waals surface area contributed by atoms with E-state index in [1.54, 1.807) is 0 Å². The van der Waals surface area contributed by atoms with Crippen molar-refractivity contribution in [1.29, 1.82) is 0 Å². The highest BCUT2D eigenvalue weighted by Crippen LogP contribution is 2.27. The summed E-state index contributed by atoms with van der Waals surface area (Å²) < 4.78 is 1.27. The summed E-state index contributed by atoms with van der Waals surface area (Å²) in [4.78, 5) is 1.48. The third-order valence-electron chi connectivity index (χ3n) is 3.37. The molecule has 1 unspecified atom stereocenters. The number of nitrogens with one attached hydrogen (secondary N) is 1. The Morgan fingerprint density at radius 3 is 2.47 bits per heavy atom. The van der Waals surface area contributed by atoms with Crippen LogP contribution in [-0.4, -0.2) is 12.6 Å². The van der Waals surface area contributed by atoms with Gasteiger partial charge in [-0.05, 0) is 52.7 Å². The maximum atomic E-state index is 3.72. The van der Waals surface area contributed by atoms with Crippen LogP contribution in [0.15, 0.2) is 15.9 Å². The quantitative estimate of drug-likeness (QED) is 0.722. The van der Waals surface area contributed by atoms with Crippen molar-refractivity contribution in [3.63, 3.8) is 0 Å². The Hall–Kier alpha value is 0.140. The summed E-state index contributed by atoms with van der Waals surface area (Å²) in [5.41, 5.74) is 0. The first-order valence-corrected chi connectivity index (χ1v) is 8.35. The standard InChI is InChI=1S/C14H24BrNS/c1-4-8-16-13(11(5-2)6-3)10-14-12(15)7-9-17-14/h7,9,11,13,16H,4-6,8,10H2,1-3H3. The van der Waals surface area contributed by atoms with E-state index in [-0.39, 0.29) is 0 Å². The zero-order valence-electron chi connectivity index (χ0n) is 11.1. The Morgan fingerprint density at radius 2 is 2.00 bits per heavy atom. The van der Waals surface area contributed by atoms with Gasteiger partial charge in [0.2, 0.25) is 0 Å². The van der Waals surface area contributed by atoms with Gasteiger partial charge in [-0.1, -0.05) is 33.6 Å². The monoisotopic (exact) mass is 317 g/mol. The predicted octanol–water partition coefficient (Wildman–Crippen LogP) is 4.86. The van der Waals surface area contributed by atoms with Crippen LogP contribution in [-0.2, 0) is 6.42 Å². The molecule has 0 amide bonds. The van der Waals surface area contributed by atoms with E-state index in [1.165, 1.54) is 28.6 Å². The van der Waals surface area contributed by atoms with Crippen LogP contribution < -0.4 is 5.32 Å². The topological polar surface area (TPSA) is 12.0 Å². The third-order valence-corrected chi connectivity index (χ3v) is 5.32. The second-order valence-electron chi connectivity index (χ2n) is 4.53. The van der Waals surface area contributed by atoms with Gasteiger partial charge in [-0.15, -0.1) is 11.3 Å². The molecule has 0 spiro atoms. The predicted molar refractivity (Wildman–Crippen MR) is 81.9 cm³/mol. The molecule has 0 aliphatic rings. The van der Waals surface area contributed by atoms with Crippen LogP contribution in [0, 0.1) is 5.92 Å². The Labute approximate surface area is 118 Å². The minimum atomic E-state index is 0.625. The molecular formula is C14H24BrNS. The van der Waals surface area contributed by atoms with Gasteiger partial charge in [0.1, 0.15) is 0 Å². The highest BCUT2D eigenvalue weighted by molar-refractivity contribution is 9.10. The van der Waals surface area contributed by atoms with Crippen molar-refractivity contribution >= 4 is 27.3 Å². The summed E-state index contributed by atoms with van der Waals surface area (Å²) in [5, 5.41) is 5.89. The first-order valence-electron chi connectivity index (χ1n) is 6.68. The lowest BCUT2D eigenvalue weighted by Crippen LogP contribution is -2.38. The average molecular weight is 318 g/mol. The molecule has 1 atom stereocenters. The molecule has 1 aromatic heterocycles. The van der Waals surface area contributed by atoms with Gasteiger partial charge in [0.05, 0.1) is 0 Å². The van der Waals surface area contributed by atoms with Gasteiger partial charge in [0, 0.05) is 15.4 Å². The average Bonchev–Trinajstić information content (AvgIpc) is 2.73. The van der Waals surface area contributed by atoms with Crippen LogP contribution in [0.4, 0.5) is 0 Å². The lowest BCUT2D eigenvalue weighted by Gasteiger charge is -2.26. The molecule has 0 aliphatic carbocycles. The summed E-state index contributed by atoms with van der Waals surface area (Å²) in [7, 11) is 0. The van der Waals surface area contributed by atoms with E-state index in [0.29, 0.717) is 6.04 Å². The Morgan fingerprint density at radius 1 is 1.29 bits per heavy atom. The van der Waals surface area contributed by atoms with Gasteiger partial charge in [0.25, 0.3) is 0 Å². The maximum Gasteiger partial charge on any atom is 0.0314 e. The second-order valence-corrected chi connectivity index (χ2v) is 6.39. The highest BCUT2D eigenvalue weighted by atomic mass is 79.9. The van der Waals surface area contributed by atoms with E-state index >= 15 is 0 Å².